The van der Waals surface area contributed by atoms with Crippen molar-refractivity contribution in [3.05, 3.63) is 41.0 Å². The molecule has 0 aliphatic heterocycles. The Morgan fingerprint density at radius 2 is 0.756 bits per heavy atom. The molecule has 2 aromatic rings. The second-order valence-electron chi connectivity index (χ2n) is 13.5. The van der Waals surface area contributed by atoms with E-state index in [9.17, 15) is 13.0 Å². The molecule has 0 saturated carbocycles. The first-order valence-corrected chi connectivity index (χ1v) is 20.4. The van der Waals surface area contributed by atoms with Crippen LogP contribution in [0.1, 0.15) is 192 Å². The van der Waals surface area contributed by atoms with Gasteiger partial charge in [-0.2, -0.15) is 8.42 Å². The standard InChI is InChI=1S/C40H68O3S.Na/c1-4-7-10-13-16-19-22-25-30-35-36(31-26-23-20-17-14-11-8-5-2)38(33-27-24-21-18-15-12-9-6-3)40(44(41,42)43)39-34-29-28-32-37(35)39;/h28-29,32,34H,4-27,30-31,33H2,1-3H3,(H,41,42,43);. The fourth-order valence-corrected chi connectivity index (χ4v) is 8.03. The van der Waals surface area contributed by atoms with Crippen molar-refractivity contribution in [2.24, 2.45) is 0 Å². The third-order valence-corrected chi connectivity index (χ3v) is 10.6. The summed E-state index contributed by atoms with van der Waals surface area (Å²) in [6.45, 7) is 6.79. The number of unbranched alkanes of at least 4 members (excludes halogenated alkanes) is 21. The van der Waals surface area contributed by atoms with Gasteiger partial charge in [0.15, 0.2) is 0 Å². The molecule has 0 fully saturated rings. The number of aryl methyl sites for hydroxylation is 1. The van der Waals surface area contributed by atoms with Gasteiger partial charge in [-0.15, -0.1) is 0 Å². The first-order chi connectivity index (χ1) is 21.5. The van der Waals surface area contributed by atoms with Crippen molar-refractivity contribution in [3.63, 3.8) is 0 Å². The molecule has 3 nitrogen and oxygen atoms in total. The summed E-state index contributed by atoms with van der Waals surface area (Å²) in [6, 6.07) is 7.98. The summed E-state index contributed by atoms with van der Waals surface area (Å²) in [7, 11) is -4.35. The van der Waals surface area contributed by atoms with Gasteiger partial charge < -0.3 is 0 Å². The van der Waals surface area contributed by atoms with Crippen LogP contribution in [0.2, 0.25) is 0 Å². The van der Waals surface area contributed by atoms with E-state index < -0.39 is 10.1 Å². The number of rotatable bonds is 28. The van der Waals surface area contributed by atoms with Gasteiger partial charge in [0.25, 0.3) is 10.1 Å². The van der Waals surface area contributed by atoms with Crippen LogP contribution in [-0.4, -0.2) is 42.5 Å². The monoisotopic (exact) mass is 651 g/mol. The van der Waals surface area contributed by atoms with E-state index in [4.69, 9.17) is 0 Å². The van der Waals surface area contributed by atoms with Crippen molar-refractivity contribution in [1.82, 2.24) is 0 Å². The van der Waals surface area contributed by atoms with Gasteiger partial charge >= 0.3 is 0 Å². The van der Waals surface area contributed by atoms with Gasteiger partial charge in [-0.1, -0.05) is 180 Å². The van der Waals surface area contributed by atoms with Crippen LogP contribution >= 0.6 is 0 Å². The third-order valence-electron chi connectivity index (χ3n) is 9.60. The zero-order chi connectivity index (χ0) is 31.9. The molecule has 0 saturated heterocycles. The summed E-state index contributed by atoms with van der Waals surface area (Å²) in [5.41, 5.74) is 3.53. The van der Waals surface area contributed by atoms with Gasteiger partial charge in [0.05, 0.1) is 0 Å². The first-order valence-electron chi connectivity index (χ1n) is 19.0. The minimum Gasteiger partial charge on any atom is -0.282 e. The zero-order valence-electron chi connectivity index (χ0n) is 30.1. The normalized spacial score (nSPS) is 11.7. The maximum Gasteiger partial charge on any atom is 0.295 e. The third kappa shape index (κ3) is 17.0. The minimum atomic E-state index is -4.35. The molecule has 0 atom stereocenters. The Hall–Kier alpha value is -0.390. The molecule has 0 aliphatic carbocycles. The first kappa shape index (κ1) is 42.6. The van der Waals surface area contributed by atoms with Crippen LogP contribution in [0.25, 0.3) is 10.8 Å². The van der Waals surface area contributed by atoms with Crippen molar-refractivity contribution < 1.29 is 13.0 Å². The molecule has 45 heavy (non-hydrogen) atoms. The molecule has 0 amide bonds. The van der Waals surface area contributed by atoms with E-state index in [1.54, 1.807) is 0 Å². The molecular weight excluding hydrogens is 583 g/mol. The molecule has 1 radical (unpaired) electrons. The van der Waals surface area contributed by atoms with Crippen molar-refractivity contribution in [2.75, 3.05) is 0 Å². The smallest absolute Gasteiger partial charge is 0.282 e. The Morgan fingerprint density at radius 3 is 1.13 bits per heavy atom. The van der Waals surface area contributed by atoms with E-state index in [0.717, 1.165) is 61.3 Å². The molecule has 1 N–H and O–H groups in total. The molecule has 2 aromatic carbocycles. The molecule has 0 bridgehead atoms. The second kappa shape index (κ2) is 26.6. The van der Waals surface area contributed by atoms with Crippen LogP contribution in [0.3, 0.4) is 0 Å². The van der Waals surface area contributed by atoms with Gasteiger partial charge in [-0.05, 0) is 60.6 Å². The number of benzene rings is 2. The second-order valence-corrected chi connectivity index (χ2v) is 14.8. The average molecular weight is 652 g/mol. The average Bonchev–Trinajstić information content (AvgIpc) is 3.00. The van der Waals surface area contributed by atoms with Gasteiger partial charge in [-0.3, -0.25) is 4.55 Å². The zero-order valence-corrected chi connectivity index (χ0v) is 32.9. The van der Waals surface area contributed by atoms with Crippen molar-refractivity contribution in [1.29, 1.82) is 0 Å². The Balaban J connectivity index is 0.0000101. The Morgan fingerprint density at radius 1 is 0.444 bits per heavy atom. The summed E-state index contributed by atoms with van der Waals surface area (Å²) < 4.78 is 36.7. The Kier molecular flexibility index (Phi) is 25.2. The summed E-state index contributed by atoms with van der Waals surface area (Å²) in [5, 5.41) is 1.76. The molecule has 0 aromatic heterocycles. The van der Waals surface area contributed by atoms with Crippen molar-refractivity contribution >= 4 is 50.4 Å². The van der Waals surface area contributed by atoms with Crippen LogP contribution in [0, 0.1) is 0 Å². The molecule has 253 valence electrons. The maximum absolute atomic E-state index is 13.0. The van der Waals surface area contributed by atoms with Crippen molar-refractivity contribution in [3.8, 4) is 0 Å². The predicted molar refractivity (Wildman–Crippen MR) is 198 cm³/mol. The summed E-state index contributed by atoms with van der Waals surface area (Å²) >= 11 is 0. The van der Waals surface area contributed by atoms with E-state index in [-0.39, 0.29) is 34.5 Å². The van der Waals surface area contributed by atoms with E-state index in [0.29, 0.717) is 0 Å². The fraction of sp³-hybridized carbons (Fsp3) is 0.750. The number of hydrogen-bond donors (Lipinski definition) is 1. The van der Waals surface area contributed by atoms with E-state index in [1.165, 1.54) is 140 Å². The summed E-state index contributed by atoms with van der Waals surface area (Å²) in [4.78, 5) is 0.199. The number of fused-ring (bicyclic) bond motifs is 1. The van der Waals surface area contributed by atoms with Crippen LogP contribution in [0.5, 0.6) is 0 Å². The van der Waals surface area contributed by atoms with Gasteiger partial charge in [-0.25, -0.2) is 0 Å². The molecule has 0 aliphatic rings. The maximum atomic E-state index is 13.0. The van der Waals surface area contributed by atoms with Gasteiger partial charge in [0, 0.05) is 34.9 Å². The van der Waals surface area contributed by atoms with Crippen LogP contribution < -0.4 is 0 Å². The topological polar surface area (TPSA) is 54.4 Å². The minimum absolute atomic E-state index is 0. The van der Waals surface area contributed by atoms with Gasteiger partial charge in [0.2, 0.25) is 0 Å². The molecule has 0 unspecified atom stereocenters. The van der Waals surface area contributed by atoms with E-state index >= 15 is 0 Å². The predicted octanol–water partition coefficient (Wildman–Crippen LogP) is 12.8. The molecule has 0 heterocycles. The van der Waals surface area contributed by atoms with Crippen LogP contribution in [-0.2, 0) is 29.4 Å². The van der Waals surface area contributed by atoms with E-state index in [2.05, 4.69) is 26.8 Å². The van der Waals surface area contributed by atoms with Crippen LogP contribution in [0.15, 0.2) is 29.2 Å². The van der Waals surface area contributed by atoms with Crippen molar-refractivity contribution in [2.45, 2.75) is 199 Å². The van der Waals surface area contributed by atoms with E-state index in [1.807, 2.05) is 18.2 Å². The number of hydrogen-bond acceptors (Lipinski definition) is 2. The summed E-state index contributed by atoms with van der Waals surface area (Å²) in [5.74, 6) is 0. The Bertz CT molecular complexity index is 1130. The fourth-order valence-electron chi connectivity index (χ4n) is 7.04. The molecular formula is C40H68NaO3S. The summed E-state index contributed by atoms with van der Waals surface area (Å²) in [6.07, 6.45) is 32.8. The van der Waals surface area contributed by atoms with Gasteiger partial charge in [0.1, 0.15) is 4.90 Å². The largest absolute Gasteiger partial charge is 0.295 e. The molecule has 5 heteroatoms. The van der Waals surface area contributed by atoms with Crippen LogP contribution in [0.4, 0.5) is 0 Å². The quantitative estimate of drug-likeness (QED) is 0.0566. The Labute approximate surface area is 301 Å². The molecule has 2 rings (SSSR count). The molecule has 0 spiro atoms. The SMILES string of the molecule is CCCCCCCCCCc1c(CCCCCCCCCC)c(S(=O)(=O)O)c2ccccc2c1CCCCCCCCCC.[Na].